The largest absolute Gasteiger partial charge is 0.389 e. The van der Waals surface area contributed by atoms with Crippen LogP contribution < -0.4 is 5.32 Å². The number of rotatable bonds is 6. The Hall–Kier alpha value is -0.590. The average molecular weight is 224 g/mol. The van der Waals surface area contributed by atoms with Gasteiger partial charge in [0, 0.05) is 13.0 Å². The minimum absolute atomic E-state index is 0.467. The maximum absolute atomic E-state index is 10.3. The van der Waals surface area contributed by atoms with E-state index in [4.69, 9.17) is 5.26 Å². The van der Waals surface area contributed by atoms with Crippen molar-refractivity contribution in [3.63, 3.8) is 0 Å². The zero-order chi connectivity index (χ0) is 11.7. The number of nitriles is 1. The molecular weight excluding hydrogens is 200 g/mol. The third-order valence-corrected chi connectivity index (χ3v) is 3.38. The molecule has 1 saturated carbocycles. The maximum atomic E-state index is 10.3. The Morgan fingerprint density at radius 1 is 1.12 bits per heavy atom. The van der Waals surface area contributed by atoms with Crippen LogP contribution in [0.1, 0.15) is 57.8 Å². The van der Waals surface area contributed by atoms with E-state index in [0.717, 1.165) is 51.6 Å². The van der Waals surface area contributed by atoms with Gasteiger partial charge in [-0.15, -0.1) is 0 Å². The minimum atomic E-state index is -0.467. The fourth-order valence-corrected chi connectivity index (χ4v) is 2.34. The van der Waals surface area contributed by atoms with E-state index in [2.05, 4.69) is 11.4 Å². The van der Waals surface area contributed by atoms with Gasteiger partial charge in [-0.05, 0) is 32.2 Å². The van der Waals surface area contributed by atoms with E-state index in [0.29, 0.717) is 6.42 Å². The molecule has 1 rings (SSSR count). The van der Waals surface area contributed by atoms with E-state index in [-0.39, 0.29) is 0 Å². The van der Waals surface area contributed by atoms with Gasteiger partial charge in [-0.1, -0.05) is 25.7 Å². The molecule has 0 spiro atoms. The van der Waals surface area contributed by atoms with E-state index >= 15 is 0 Å². The van der Waals surface area contributed by atoms with Crippen LogP contribution in [0.4, 0.5) is 0 Å². The summed E-state index contributed by atoms with van der Waals surface area (Å²) in [6.45, 7) is 1.64. The molecule has 3 heteroatoms. The summed E-state index contributed by atoms with van der Waals surface area (Å²) in [7, 11) is 0. The first kappa shape index (κ1) is 13.5. The summed E-state index contributed by atoms with van der Waals surface area (Å²) in [5, 5.41) is 22.1. The first-order valence-corrected chi connectivity index (χ1v) is 6.57. The first-order valence-electron chi connectivity index (χ1n) is 6.57. The normalized spacial score (nSPS) is 20.0. The molecule has 16 heavy (non-hydrogen) atoms. The fourth-order valence-electron chi connectivity index (χ4n) is 2.34. The van der Waals surface area contributed by atoms with Crippen LogP contribution in [-0.4, -0.2) is 23.8 Å². The average Bonchev–Trinajstić information content (AvgIpc) is 2.49. The quantitative estimate of drug-likeness (QED) is 0.538. The van der Waals surface area contributed by atoms with E-state index in [1.54, 1.807) is 0 Å². The molecule has 0 heterocycles. The second-order valence-electron chi connectivity index (χ2n) is 4.93. The van der Waals surface area contributed by atoms with Gasteiger partial charge < -0.3 is 10.4 Å². The van der Waals surface area contributed by atoms with Crippen molar-refractivity contribution in [3.8, 4) is 6.07 Å². The molecule has 0 unspecified atom stereocenters. The predicted octanol–water partition coefficient (Wildman–Crippen LogP) is 2.36. The van der Waals surface area contributed by atoms with Crippen LogP contribution in [0.25, 0.3) is 0 Å². The summed E-state index contributed by atoms with van der Waals surface area (Å²) in [5.41, 5.74) is -0.467. The van der Waals surface area contributed by atoms with Gasteiger partial charge >= 0.3 is 0 Å². The van der Waals surface area contributed by atoms with Crippen LogP contribution in [0.2, 0.25) is 0 Å². The second-order valence-corrected chi connectivity index (χ2v) is 4.93. The number of nitrogens with zero attached hydrogens (tertiary/aromatic N) is 1. The SMILES string of the molecule is N#CCCCCNCC1(O)CCCCCC1. The van der Waals surface area contributed by atoms with E-state index in [9.17, 15) is 5.11 Å². The lowest BCUT2D eigenvalue weighted by atomic mass is 9.94. The number of nitrogens with one attached hydrogen (secondary N) is 1. The number of hydrogen-bond acceptors (Lipinski definition) is 3. The molecule has 0 aromatic rings. The minimum Gasteiger partial charge on any atom is -0.389 e. The highest BCUT2D eigenvalue weighted by Crippen LogP contribution is 2.26. The van der Waals surface area contributed by atoms with Crippen molar-refractivity contribution < 1.29 is 5.11 Å². The van der Waals surface area contributed by atoms with E-state index < -0.39 is 5.60 Å². The van der Waals surface area contributed by atoms with Crippen LogP contribution in [0.15, 0.2) is 0 Å². The summed E-state index contributed by atoms with van der Waals surface area (Å²) < 4.78 is 0. The Morgan fingerprint density at radius 3 is 2.44 bits per heavy atom. The summed E-state index contributed by atoms with van der Waals surface area (Å²) in [6, 6.07) is 2.15. The Bertz CT molecular complexity index is 214. The monoisotopic (exact) mass is 224 g/mol. The Labute approximate surface area is 98.8 Å². The smallest absolute Gasteiger partial charge is 0.0771 e. The van der Waals surface area contributed by atoms with E-state index in [1.165, 1.54) is 12.8 Å². The van der Waals surface area contributed by atoms with Crippen molar-refractivity contribution in [2.75, 3.05) is 13.1 Å². The molecule has 1 aliphatic carbocycles. The molecule has 0 saturated heterocycles. The summed E-state index contributed by atoms with van der Waals surface area (Å²) in [4.78, 5) is 0. The number of aliphatic hydroxyl groups is 1. The van der Waals surface area contributed by atoms with Gasteiger partial charge in [0.05, 0.1) is 11.7 Å². The van der Waals surface area contributed by atoms with Crippen LogP contribution in [0, 0.1) is 11.3 Å². The van der Waals surface area contributed by atoms with Crippen LogP contribution in [0.5, 0.6) is 0 Å². The van der Waals surface area contributed by atoms with Crippen molar-refractivity contribution in [1.82, 2.24) is 5.32 Å². The summed E-state index contributed by atoms with van der Waals surface area (Å²) in [5.74, 6) is 0. The summed E-state index contributed by atoms with van der Waals surface area (Å²) >= 11 is 0. The molecule has 1 fully saturated rings. The van der Waals surface area contributed by atoms with Crippen LogP contribution >= 0.6 is 0 Å². The lowest BCUT2D eigenvalue weighted by molar-refractivity contribution is 0.0254. The maximum Gasteiger partial charge on any atom is 0.0771 e. The molecule has 3 nitrogen and oxygen atoms in total. The molecular formula is C13H24N2O. The van der Waals surface area contributed by atoms with Crippen LogP contribution in [0.3, 0.4) is 0 Å². The molecule has 92 valence electrons. The molecule has 0 bridgehead atoms. The number of unbranched alkanes of at least 4 members (excludes halogenated alkanes) is 2. The fraction of sp³-hybridized carbons (Fsp3) is 0.923. The Kier molecular flexibility index (Phi) is 6.44. The van der Waals surface area contributed by atoms with Crippen molar-refractivity contribution in [1.29, 1.82) is 5.26 Å². The highest BCUT2D eigenvalue weighted by molar-refractivity contribution is 4.83. The van der Waals surface area contributed by atoms with Gasteiger partial charge in [-0.2, -0.15) is 5.26 Å². The molecule has 0 aromatic heterocycles. The molecule has 2 N–H and O–H groups in total. The molecule has 0 aliphatic heterocycles. The third-order valence-electron chi connectivity index (χ3n) is 3.38. The van der Waals surface area contributed by atoms with Gasteiger partial charge in [0.25, 0.3) is 0 Å². The lowest BCUT2D eigenvalue weighted by Crippen LogP contribution is -2.40. The van der Waals surface area contributed by atoms with Gasteiger partial charge in [0.15, 0.2) is 0 Å². The Balaban J connectivity index is 2.08. The van der Waals surface area contributed by atoms with E-state index in [1.807, 2.05) is 0 Å². The van der Waals surface area contributed by atoms with Crippen molar-refractivity contribution >= 4 is 0 Å². The Morgan fingerprint density at radius 2 is 1.81 bits per heavy atom. The van der Waals surface area contributed by atoms with Gasteiger partial charge in [0.2, 0.25) is 0 Å². The zero-order valence-electron chi connectivity index (χ0n) is 10.2. The van der Waals surface area contributed by atoms with Crippen molar-refractivity contribution in [3.05, 3.63) is 0 Å². The lowest BCUT2D eigenvalue weighted by Gasteiger charge is -2.26. The highest BCUT2D eigenvalue weighted by atomic mass is 16.3. The standard InChI is InChI=1S/C13H24N2O/c14-10-6-3-7-11-15-12-13(16)8-4-1-2-5-9-13/h15-16H,1-9,11-12H2. The first-order chi connectivity index (χ1) is 7.77. The van der Waals surface area contributed by atoms with Crippen molar-refractivity contribution in [2.45, 2.75) is 63.4 Å². The summed E-state index contributed by atoms with van der Waals surface area (Å²) in [6.07, 6.45) is 9.38. The topological polar surface area (TPSA) is 56.0 Å². The molecule has 0 amide bonds. The third kappa shape index (κ3) is 5.48. The highest BCUT2D eigenvalue weighted by Gasteiger charge is 2.26. The van der Waals surface area contributed by atoms with Gasteiger partial charge in [-0.3, -0.25) is 0 Å². The second kappa shape index (κ2) is 7.65. The molecule has 1 aliphatic rings. The zero-order valence-corrected chi connectivity index (χ0v) is 10.2. The predicted molar refractivity (Wildman–Crippen MR) is 65.0 cm³/mol. The van der Waals surface area contributed by atoms with Crippen LogP contribution in [-0.2, 0) is 0 Å². The van der Waals surface area contributed by atoms with Crippen molar-refractivity contribution in [2.24, 2.45) is 0 Å². The molecule has 0 atom stereocenters. The van der Waals surface area contributed by atoms with Gasteiger partial charge in [0.1, 0.15) is 0 Å². The van der Waals surface area contributed by atoms with Gasteiger partial charge in [-0.25, -0.2) is 0 Å². The number of hydrogen-bond donors (Lipinski definition) is 2. The molecule has 0 aromatic carbocycles. The molecule has 0 radical (unpaired) electrons.